The van der Waals surface area contributed by atoms with E-state index in [0.29, 0.717) is 16.0 Å². The lowest BCUT2D eigenvalue weighted by Gasteiger charge is -2.29. The molecule has 2 aromatic rings. The summed E-state index contributed by atoms with van der Waals surface area (Å²) in [5.74, 6) is -4.53. The Balaban J connectivity index is 1.78. The van der Waals surface area contributed by atoms with Gasteiger partial charge in [0.15, 0.2) is 11.9 Å². The molecule has 30 heavy (non-hydrogen) atoms. The Morgan fingerprint density at radius 2 is 2.23 bits per heavy atom. The summed E-state index contributed by atoms with van der Waals surface area (Å²) in [6.45, 7) is 5.37. The van der Waals surface area contributed by atoms with E-state index in [4.69, 9.17) is 0 Å². The largest absolute Gasteiger partial charge is 0.619 e. The SMILES string of the molecule is CC(C)(C)[C@@H](CO)NC(=O)c1nn(-c2c[n+]([O-])ccn2)c2c1C[C@@H]1[C@H]2CCC1(F)F. The lowest BCUT2D eigenvalue weighted by Crippen LogP contribution is -2.46. The van der Waals surface area contributed by atoms with Crippen molar-refractivity contribution in [1.82, 2.24) is 20.1 Å². The van der Waals surface area contributed by atoms with Gasteiger partial charge in [0.25, 0.3) is 11.8 Å². The molecule has 3 atom stereocenters. The van der Waals surface area contributed by atoms with Crippen molar-refractivity contribution in [2.75, 3.05) is 6.61 Å². The molecule has 2 N–H and O–H groups in total. The summed E-state index contributed by atoms with van der Waals surface area (Å²) in [5.41, 5.74) is 0.628. The smallest absolute Gasteiger partial charge is 0.272 e. The van der Waals surface area contributed by atoms with Gasteiger partial charge >= 0.3 is 0 Å². The van der Waals surface area contributed by atoms with Crippen LogP contribution in [-0.4, -0.2) is 44.3 Å². The predicted molar refractivity (Wildman–Crippen MR) is 102 cm³/mol. The van der Waals surface area contributed by atoms with Gasteiger partial charge in [-0.05, 0) is 18.3 Å². The van der Waals surface area contributed by atoms with Gasteiger partial charge in [0, 0.05) is 23.8 Å². The molecule has 1 amide bonds. The van der Waals surface area contributed by atoms with Crippen molar-refractivity contribution in [2.45, 2.75) is 57.9 Å². The number of nitrogens with one attached hydrogen (secondary N) is 1. The zero-order valence-electron chi connectivity index (χ0n) is 17.1. The maximum absolute atomic E-state index is 14.5. The number of halogens is 2. The number of alkyl halides is 2. The fourth-order valence-corrected chi connectivity index (χ4v) is 4.51. The summed E-state index contributed by atoms with van der Waals surface area (Å²) in [5, 5.41) is 28.6. The average Bonchev–Trinajstić information content (AvgIpc) is 3.29. The Morgan fingerprint density at radius 1 is 1.50 bits per heavy atom. The number of aliphatic hydroxyl groups excluding tert-OH is 1. The fraction of sp³-hybridized carbons (Fsp3) is 0.600. The molecule has 1 saturated carbocycles. The lowest BCUT2D eigenvalue weighted by atomic mass is 9.87. The minimum Gasteiger partial charge on any atom is -0.619 e. The highest BCUT2D eigenvalue weighted by Crippen LogP contribution is 2.56. The molecule has 2 aliphatic rings. The quantitative estimate of drug-likeness (QED) is 0.578. The van der Waals surface area contributed by atoms with Crippen LogP contribution in [0.25, 0.3) is 5.82 Å². The van der Waals surface area contributed by atoms with Crippen LogP contribution in [-0.2, 0) is 6.42 Å². The lowest BCUT2D eigenvalue weighted by molar-refractivity contribution is -0.605. The van der Waals surface area contributed by atoms with E-state index in [-0.39, 0.29) is 37.4 Å². The Kier molecular flexibility index (Phi) is 4.80. The number of hydrogen-bond donors (Lipinski definition) is 2. The standard InChI is InChI=1S/C20H25F2N5O3/c1-19(2,3)14(10-28)24-18(29)16-12-8-13-11(4-5-20(13,21)22)17(12)27(25-16)15-9-26(30)7-6-23-15/h6-7,9,11,13-14,28H,4-5,8,10H2,1-3H3,(H,24,29)/t11-,13-,14-/m1/s1. The van der Waals surface area contributed by atoms with Gasteiger partial charge in [-0.25, -0.2) is 18.4 Å². The van der Waals surface area contributed by atoms with Crippen molar-refractivity contribution in [2.24, 2.45) is 11.3 Å². The zero-order valence-corrected chi connectivity index (χ0v) is 17.1. The maximum atomic E-state index is 14.5. The zero-order chi connectivity index (χ0) is 21.8. The van der Waals surface area contributed by atoms with E-state index in [1.165, 1.54) is 23.3 Å². The number of amides is 1. The second kappa shape index (κ2) is 6.97. The third-order valence-corrected chi connectivity index (χ3v) is 6.24. The second-order valence-electron chi connectivity index (χ2n) is 9.19. The van der Waals surface area contributed by atoms with Crippen molar-refractivity contribution in [3.8, 4) is 5.82 Å². The average molecular weight is 421 g/mol. The molecule has 0 unspecified atom stereocenters. The minimum atomic E-state index is -2.82. The molecule has 0 saturated heterocycles. The topological polar surface area (TPSA) is 107 Å². The minimum absolute atomic E-state index is 0.0409. The molecule has 0 aromatic carbocycles. The first-order valence-corrected chi connectivity index (χ1v) is 9.99. The number of rotatable bonds is 4. The van der Waals surface area contributed by atoms with Gasteiger partial charge in [0.2, 0.25) is 12.0 Å². The van der Waals surface area contributed by atoms with Crippen LogP contribution in [0.15, 0.2) is 18.6 Å². The van der Waals surface area contributed by atoms with Crippen molar-refractivity contribution in [1.29, 1.82) is 0 Å². The van der Waals surface area contributed by atoms with Gasteiger partial charge in [-0.15, -0.1) is 0 Å². The van der Waals surface area contributed by atoms with E-state index in [2.05, 4.69) is 15.4 Å². The highest BCUT2D eigenvalue weighted by molar-refractivity contribution is 5.94. The second-order valence-corrected chi connectivity index (χ2v) is 9.19. The van der Waals surface area contributed by atoms with Crippen LogP contribution >= 0.6 is 0 Å². The summed E-state index contributed by atoms with van der Waals surface area (Å²) in [6, 6.07) is -0.535. The first kappa shape index (κ1) is 20.6. The third kappa shape index (κ3) is 3.32. The van der Waals surface area contributed by atoms with Crippen LogP contribution in [0.3, 0.4) is 0 Å². The highest BCUT2D eigenvalue weighted by atomic mass is 19.3. The highest BCUT2D eigenvalue weighted by Gasteiger charge is 2.56. The van der Waals surface area contributed by atoms with Crippen molar-refractivity contribution in [3.05, 3.63) is 40.7 Å². The molecule has 2 heterocycles. The molecule has 2 aliphatic carbocycles. The fourth-order valence-electron chi connectivity index (χ4n) is 4.51. The molecule has 2 aromatic heterocycles. The van der Waals surface area contributed by atoms with Crippen LogP contribution in [0, 0.1) is 16.5 Å². The van der Waals surface area contributed by atoms with Gasteiger partial charge in [0.1, 0.15) is 0 Å². The van der Waals surface area contributed by atoms with Gasteiger partial charge in [-0.2, -0.15) is 9.83 Å². The van der Waals surface area contributed by atoms with E-state index < -0.39 is 35.1 Å². The summed E-state index contributed by atoms with van der Waals surface area (Å²) < 4.78 is 30.8. The molecule has 0 spiro atoms. The molecule has 8 nitrogen and oxygen atoms in total. The van der Waals surface area contributed by atoms with Crippen LogP contribution in [0.2, 0.25) is 0 Å². The number of carbonyl (C=O) groups excluding carboxylic acids is 1. The van der Waals surface area contributed by atoms with Crippen molar-refractivity contribution < 1.29 is 23.4 Å². The Morgan fingerprint density at radius 3 is 2.87 bits per heavy atom. The monoisotopic (exact) mass is 421 g/mol. The molecule has 0 aliphatic heterocycles. The molecular weight excluding hydrogens is 396 g/mol. The molecule has 4 rings (SSSR count). The van der Waals surface area contributed by atoms with Gasteiger partial charge in [-0.1, -0.05) is 20.8 Å². The Labute approximate surface area is 172 Å². The number of aromatic nitrogens is 4. The first-order chi connectivity index (χ1) is 14.0. The van der Waals surface area contributed by atoms with E-state index in [1.807, 2.05) is 20.8 Å². The van der Waals surface area contributed by atoms with Crippen molar-refractivity contribution >= 4 is 5.91 Å². The number of nitrogens with zero attached hydrogens (tertiary/aromatic N) is 4. The number of fused-ring (bicyclic) bond motifs is 3. The van der Waals surface area contributed by atoms with Crippen LogP contribution in [0.5, 0.6) is 0 Å². The third-order valence-electron chi connectivity index (χ3n) is 6.24. The summed E-state index contributed by atoms with van der Waals surface area (Å²) in [7, 11) is 0. The van der Waals surface area contributed by atoms with E-state index in [1.54, 1.807) is 0 Å². The van der Waals surface area contributed by atoms with E-state index in [0.717, 1.165) is 0 Å². The van der Waals surface area contributed by atoms with Crippen LogP contribution in [0.4, 0.5) is 8.78 Å². The van der Waals surface area contributed by atoms with Crippen LogP contribution in [0.1, 0.15) is 61.3 Å². The molecule has 1 fully saturated rings. The van der Waals surface area contributed by atoms with E-state index >= 15 is 0 Å². The van der Waals surface area contributed by atoms with E-state index in [9.17, 15) is 23.9 Å². The molecular formula is C20H25F2N5O3. The van der Waals surface area contributed by atoms with Crippen LogP contribution < -0.4 is 10.0 Å². The Bertz CT molecular complexity index is 985. The maximum Gasteiger partial charge on any atom is 0.272 e. The number of aliphatic hydroxyl groups is 1. The first-order valence-electron chi connectivity index (χ1n) is 9.99. The molecule has 0 bridgehead atoms. The number of hydrogen-bond acceptors (Lipinski definition) is 5. The summed E-state index contributed by atoms with van der Waals surface area (Å²) in [4.78, 5) is 17.2. The van der Waals surface area contributed by atoms with Gasteiger partial charge < -0.3 is 15.6 Å². The van der Waals surface area contributed by atoms with Crippen molar-refractivity contribution in [3.63, 3.8) is 0 Å². The molecule has 0 radical (unpaired) electrons. The normalized spacial score (nSPS) is 23.1. The molecule has 10 heteroatoms. The summed E-state index contributed by atoms with van der Waals surface area (Å²) >= 11 is 0. The van der Waals surface area contributed by atoms with Gasteiger partial charge in [0.05, 0.1) is 24.5 Å². The Hall–Kier alpha value is -2.62. The predicted octanol–water partition coefficient (Wildman–Crippen LogP) is 1.72. The summed E-state index contributed by atoms with van der Waals surface area (Å²) in [6.07, 6.45) is 3.81. The number of carbonyl (C=O) groups is 1. The molecule has 162 valence electrons. The van der Waals surface area contributed by atoms with Gasteiger partial charge in [-0.3, -0.25) is 4.79 Å².